The molecule has 160 valence electrons. The van der Waals surface area contributed by atoms with E-state index in [1.807, 2.05) is 36.4 Å². The fraction of sp³-hybridized carbons (Fsp3) is 0.417. The highest BCUT2D eigenvalue weighted by molar-refractivity contribution is 5.90. The molecule has 0 heterocycles. The van der Waals surface area contributed by atoms with Crippen LogP contribution in [0, 0.1) is 17.8 Å². The van der Waals surface area contributed by atoms with Crippen LogP contribution in [0.5, 0.6) is 0 Å². The van der Waals surface area contributed by atoms with Crippen molar-refractivity contribution in [3.8, 4) is 11.1 Å². The Bertz CT molecular complexity index is 848. The Hall–Kier alpha value is -2.86. The summed E-state index contributed by atoms with van der Waals surface area (Å²) in [7, 11) is 0. The second kappa shape index (κ2) is 10.3. The van der Waals surface area contributed by atoms with Crippen molar-refractivity contribution in [1.29, 1.82) is 0 Å². The third-order valence-corrected chi connectivity index (χ3v) is 5.63. The second-order valence-electron chi connectivity index (χ2n) is 8.20. The van der Waals surface area contributed by atoms with Crippen LogP contribution in [0.3, 0.4) is 0 Å². The first kappa shape index (κ1) is 21.8. The van der Waals surface area contributed by atoms with Gasteiger partial charge < -0.3 is 4.74 Å². The maximum Gasteiger partial charge on any atom is 0.543 e. The van der Waals surface area contributed by atoms with E-state index in [1.54, 1.807) is 18.2 Å². The van der Waals surface area contributed by atoms with Gasteiger partial charge >= 0.3 is 12.1 Å². The van der Waals surface area contributed by atoms with E-state index >= 15 is 0 Å². The Morgan fingerprint density at radius 2 is 1.67 bits per heavy atom. The van der Waals surface area contributed by atoms with E-state index in [0.29, 0.717) is 11.8 Å². The van der Waals surface area contributed by atoms with Crippen LogP contribution in [0.25, 0.3) is 11.1 Å². The van der Waals surface area contributed by atoms with Crippen molar-refractivity contribution >= 4 is 12.1 Å². The summed E-state index contributed by atoms with van der Waals surface area (Å²) in [6.07, 6.45) is 1.66. The summed E-state index contributed by atoms with van der Waals surface area (Å²) < 4.78 is 5.42. The minimum Gasteiger partial charge on any atom is -0.429 e. The Morgan fingerprint density at radius 3 is 2.40 bits per heavy atom. The largest absolute Gasteiger partial charge is 0.543 e. The molecule has 0 bridgehead atoms. The minimum absolute atomic E-state index is 0.233. The average molecular weight is 412 g/mol. The average Bonchev–Trinajstić information content (AvgIpc) is 2.74. The van der Waals surface area contributed by atoms with Crippen molar-refractivity contribution in [2.24, 2.45) is 17.8 Å². The van der Waals surface area contributed by atoms with Crippen LogP contribution >= 0.6 is 0 Å². The van der Waals surface area contributed by atoms with Crippen LogP contribution in [0.15, 0.2) is 54.6 Å². The standard InChI is InChI=1S/C24H28O6/c1-16(2)21-13-12-17(3)14-22(21)27-24(26)29-30-28-23(25)20-11-7-10-19(15-20)18-8-5-4-6-9-18/h4-11,15-17,21-22H,12-14H2,1-3H3. The summed E-state index contributed by atoms with van der Waals surface area (Å²) in [5.74, 6) is 0.378. The molecule has 6 heteroatoms. The van der Waals surface area contributed by atoms with Gasteiger partial charge in [0, 0.05) is 0 Å². The molecule has 6 nitrogen and oxygen atoms in total. The molecule has 3 rings (SSSR count). The molecule has 0 aliphatic heterocycles. The normalized spacial score (nSPS) is 21.1. The van der Waals surface area contributed by atoms with Crippen LogP contribution in [0.2, 0.25) is 0 Å². The van der Waals surface area contributed by atoms with Gasteiger partial charge in [0.2, 0.25) is 0 Å². The van der Waals surface area contributed by atoms with Crippen molar-refractivity contribution in [2.75, 3.05) is 0 Å². The third-order valence-electron chi connectivity index (χ3n) is 5.63. The first-order valence-corrected chi connectivity index (χ1v) is 10.4. The van der Waals surface area contributed by atoms with Crippen LogP contribution in [-0.2, 0) is 19.6 Å². The monoisotopic (exact) mass is 412 g/mol. The van der Waals surface area contributed by atoms with Crippen LogP contribution in [-0.4, -0.2) is 18.2 Å². The lowest BCUT2D eigenvalue weighted by Crippen LogP contribution is -2.36. The molecule has 1 saturated carbocycles. The predicted molar refractivity (Wildman–Crippen MR) is 111 cm³/mol. The summed E-state index contributed by atoms with van der Waals surface area (Å²) in [5.41, 5.74) is 2.10. The molecule has 0 radical (unpaired) electrons. The summed E-state index contributed by atoms with van der Waals surface area (Å²) in [4.78, 5) is 33.3. The summed E-state index contributed by atoms with van der Waals surface area (Å²) >= 11 is 0. The van der Waals surface area contributed by atoms with Gasteiger partial charge in [-0.25, -0.2) is 14.5 Å². The molecule has 2 aromatic carbocycles. The molecule has 0 spiro atoms. The number of hydrogen-bond acceptors (Lipinski definition) is 6. The van der Waals surface area contributed by atoms with Gasteiger partial charge in [0.1, 0.15) is 6.10 Å². The van der Waals surface area contributed by atoms with E-state index in [9.17, 15) is 9.59 Å². The van der Waals surface area contributed by atoms with Gasteiger partial charge in [0.05, 0.1) is 10.6 Å². The molecule has 30 heavy (non-hydrogen) atoms. The maximum absolute atomic E-state index is 12.2. The molecule has 3 unspecified atom stereocenters. The molecule has 0 amide bonds. The zero-order chi connectivity index (χ0) is 21.5. The minimum atomic E-state index is -1.01. The lowest BCUT2D eigenvalue weighted by molar-refractivity contribution is -0.453. The number of rotatable bonds is 6. The second-order valence-corrected chi connectivity index (χ2v) is 8.20. The van der Waals surface area contributed by atoms with Gasteiger partial charge in [-0.05, 0) is 53.9 Å². The quantitative estimate of drug-likeness (QED) is 0.331. The Labute approximate surface area is 176 Å². The zero-order valence-electron chi connectivity index (χ0n) is 17.6. The highest BCUT2D eigenvalue weighted by atomic mass is 17.5. The summed E-state index contributed by atoms with van der Waals surface area (Å²) in [6, 6.07) is 16.5. The van der Waals surface area contributed by atoms with Gasteiger partial charge in [-0.2, -0.15) is 0 Å². The third kappa shape index (κ3) is 5.83. The Morgan fingerprint density at radius 1 is 0.933 bits per heavy atom. The van der Waals surface area contributed by atoms with E-state index in [-0.39, 0.29) is 17.6 Å². The first-order chi connectivity index (χ1) is 14.4. The van der Waals surface area contributed by atoms with E-state index < -0.39 is 12.1 Å². The number of benzene rings is 2. The van der Waals surface area contributed by atoms with Crippen molar-refractivity contribution in [3.05, 3.63) is 60.2 Å². The van der Waals surface area contributed by atoms with Crippen molar-refractivity contribution in [1.82, 2.24) is 0 Å². The van der Waals surface area contributed by atoms with Crippen molar-refractivity contribution < 1.29 is 29.1 Å². The highest BCUT2D eigenvalue weighted by Gasteiger charge is 2.34. The fourth-order valence-corrected chi connectivity index (χ4v) is 3.97. The number of carbonyl (C=O) groups excluding carboxylic acids is 2. The SMILES string of the molecule is CC1CCC(C(C)C)C(OC(=O)OOOC(=O)c2cccc(-c3ccccc3)c2)C1. The van der Waals surface area contributed by atoms with Gasteiger partial charge in [0.15, 0.2) is 0 Å². The number of carbonyl (C=O) groups is 2. The molecule has 2 aromatic rings. The molecule has 3 atom stereocenters. The molecule has 0 aromatic heterocycles. The van der Waals surface area contributed by atoms with E-state index in [2.05, 4.69) is 35.6 Å². The molecule has 1 fully saturated rings. The number of ether oxygens (including phenoxy) is 1. The topological polar surface area (TPSA) is 71.1 Å². The Balaban J connectivity index is 1.50. The number of hydrogen-bond donors (Lipinski definition) is 0. The van der Waals surface area contributed by atoms with Crippen molar-refractivity contribution in [3.63, 3.8) is 0 Å². The smallest absolute Gasteiger partial charge is 0.429 e. The van der Waals surface area contributed by atoms with Crippen molar-refractivity contribution in [2.45, 2.75) is 46.1 Å². The van der Waals surface area contributed by atoms with E-state index in [0.717, 1.165) is 30.4 Å². The van der Waals surface area contributed by atoms with Crippen LogP contribution < -0.4 is 0 Å². The summed E-state index contributed by atoms with van der Waals surface area (Å²) in [5, 5.41) is 4.40. The van der Waals surface area contributed by atoms with Gasteiger partial charge in [-0.15, -0.1) is 0 Å². The maximum atomic E-state index is 12.2. The Kier molecular flexibility index (Phi) is 7.46. The molecule has 0 saturated heterocycles. The van der Waals surface area contributed by atoms with E-state index in [1.165, 1.54) is 0 Å². The molecular weight excluding hydrogens is 384 g/mol. The highest BCUT2D eigenvalue weighted by Crippen LogP contribution is 2.35. The molecule has 0 N–H and O–H groups in total. The fourth-order valence-electron chi connectivity index (χ4n) is 3.97. The van der Waals surface area contributed by atoms with Gasteiger partial charge in [-0.3, -0.25) is 4.89 Å². The lowest BCUT2D eigenvalue weighted by atomic mass is 9.75. The molecular formula is C24H28O6. The van der Waals surface area contributed by atoms with Crippen LogP contribution in [0.1, 0.15) is 50.4 Å². The first-order valence-electron chi connectivity index (χ1n) is 10.4. The van der Waals surface area contributed by atoms with Gasteiger partial charge in [0.25, 0.3) is 0 Å². The van der Waals surface area contributed by atoms with Gasteiger partial charge in [-0.1, -0.05) is 69.7 Å². The predicted octanol–water partition coefficient (Wildman–Crippen LogP) is 5.97. The summed E-state index contributed by atoms with van der Waals surface area (Å²) in [6.45, 7) is 6.37. The van der Waals surface area contributed by atoms with Crippen LogP contribution in [0.4, 0.5) is 4.79 Å². The molecule has 1 aliphatic carbocycles. The molecule has 1 aliphatic rings. The zero-order valence-corrected chi connectivity index (χ0v) is 17.6. The van der Waals surface area contributed by atoms with E-state index in [4.69, 9.17) is 4.74 Å². The lowest BCUT2D eigenvalue weighted by Gasteiger charge is -2.36.